The van der Waals surface area contributed by atoms with Gasteiger partial charge in [0.15, 0.2) is 5.96 Å². The molecule has 2 aliphatic rings. The molecular formula is C23H37N5O2. The molecule has 166 valence electrons. The largest absolute Gasteiger partial charge is 0.490 e. The number of nitrogens with one attached hydrogen (secondary N) is 2. The van der Waals surface area contributed by atoms with Crippen LogP contribution >= 0.6 is 0 Å². The van der Waals surface area contributed by atoms with E-state index in [1.165, 1.54) is 6.42 Å². The minimum atomic E-state index is 0.166. The number of amides is 1. The number of benzene rings is 1. The van der Waals surface area contributed by atoms with E-state index in [1.807, 2.05) is 32.3 Å². The second-order valence-electron chi connectivity index (χ2n) is 8.46. The Balaban J connectivity index is 1.52. The number of hydrogen-bond acceptors (Lipinski definition) is 4. The van der Waals surface area contributed by atoms with Gasteiger partial charge in [-0.3, -0.25) is 9.69 Å². The van der Waals surface area contributed by atoms with Crippen LogP contribution in [0.15, 0.2) is 29.3 Å². The molecule has 1 amide bonds. The molecule has 1 heterocycles. The number of likely N-dealkylation sites (N-methyl/N-ethyl adjacent to an activating group) is 1. The van der Waals surface area contributed by atoms with Crippen molar-refractivity contribution in [2.45, 2.75) is 57.7 Å². The molecule has 3 rings (SSSR count). The highest BCUT2D eigenvalue weighted by Gasteiger charge is 2.22. The van der Waals surface area contributed by atoms with Crippen LogP contribution in [-0.4, -0.2) is 74.1 Å². The number of carbonyl (C=O) groups excluding carboxylic acids is 1. The second-order valence-corrected chi connectivity index (χ2v) is 8.46. The Bertz CT molecular complexity index is 709. The van der Waals surface area contributed by atoms with Crippen LogP contribution in [0.1, 0.15) is 44.6 Å². The average molecular weight is 416 g/mol. The van der Waals surface area contributed by atoms with Gasteiger partial charge in [-0.1, -0.05) is 18.2 Å². The van der Waals surface area contributed by atoms with Gasteiger partial charge >= 0.3 is 0 Å². The van der Waals surface area contributed by atoms with Crippen molar-refractivity contribution in [3.05, 3.63) is 29.8 Å². The van der Waals surface area contributed by atoms with Gasteiger partial charge in [-0.15, -0.1) is 0 Å². The second kappa shape index (κ2) is 11.2. The summed E-state index contributed by atoms with van der Waals surface area (Å²) in [7, 11) is 3.62. The summed E-state index contributed by atoms with van der Waals surface area (Å²) in [5.74, 6) is 1.97. The van der Waals surface area contributed by atoms with E-state index in [0.717, 1.165) is 62.6 Å². The molecule has 0 bridgehead atoms. The molecule has 1 aliphatic carbocycles. The zero-order chi connectivity index (χ0) is 21.3. The lowest BCUT2D eigenvalue weighted by molar-refractivity contribution is -0.130. The van der Waals surface area contributed by atoms with E-state index in [1.54, 1.807) is 4.90 Å². The van der Waals surface area contributed by atoms with Crippen molar-refractivity contribution >= 4 is 11.9 Å². The number of guanidine groups is 1. The summed E-state index contributed by atoms with van der Waals surface area (Å²) in [5.41, 5.74) is 1.12. The number of rotatable bonds is 8. The first kappa shape index (κ1) is 22.4. The van der Waals surface area contributed by atoms with Crippen LogP contribution in [0.5, 0.6) is 5.75 Å². The summed E-state index contributed by atoms with van der Waals surface area (Å²) in [4.78, 5) is 20.6. The first-order valence-corrected chi connectivity index (χ1v) is 11.3. The molecule has 0 aromatic heterocycles. The first-order valence-electron chi connectivity index (χ1n) is 11.3. The van der Waals surface area contributed by atoms with Gasteiger partial charge in [0.2, 0.25) is 5.91 Å². The van der Waals surface area contributed by atoms with Gasteiger partial charge in [0.1, 0.15) is 5.75 Å². The Morgan fingerprint density at radius 1 is 1.20 bits per heavy atom. The molecule has 2 N–H and O–H groups in total. The molecular weight excluding hydrogens is 378 g/mol. The summed E-state index contributed by atoms with van der Waals surface area (Å²) in [6.07, 6.45) is 5.95. The van der Waals surface area contributed by atoms with Crippen LogP contribution in [0, 0.1) is 0 Å². The molecule has 1 saturated heterocycles. The maximum Gasteiger partial charge on any atom is 0.236 e. The SMILES string of the molecule is CCNC(=NCc1ccccc1OC1CCC1)NC1CCN(CC(=O)N(C)C)CC1. The summed E-state index contributed by atoms with van der Waals surface area (Å²) >= 11 is 0. The predicted octanol–water partition coefficient (Wildman–Crippen LogP) is 2.23. The smallest absolute Gasteiger partial charge is 0.236 e. The van der Waals surface area contributed by atoms with Crippen molar-refractivity contribution in [3.63, 3.8) is 0 Å². The molecule has 7 nitrogen and oxygen atoms in total. The lowest BCUT2D eigenvalue weighted by atomic mass is 9.96. The Morgan fingerprint density at radius 2 is 1.93 bits per heavy atom. The number of aliphatic imine (C=N–C) groups is 1. The molecule has 1 aromatic rings. The van der Waals surface area contributed by atoms with Gasteiger partial charge in [0.05, 0.1) is 19.2 Å². The van der Waals surface area contributed by atoms with E-state index in [-0.39, 0.29) is 5.91 Å². The molecule has 0 spiro atoms. The number of carbonyl (C=O) groups is 1. The Labute approximate surface area is 180 Å². The average Bonchev–Trinajstić information content (AvgIpc) is 2.71. The van der Waals surface area contributed by atoms with E-state index < -0.39 is 0 Å². The van der Waals surface area contributed by atoms with E-state index in [0.29, 0.717) is 25.2 Å². The maximum atomic E-state index is 11.9. The van der Waals surface area contributed by atoms with E-state index in [9.17, 15) is 4.79 Å². The number of nitrogens with zero attached hydrogens (tertiary/aromatic N) is 3. The molecule has 1 saturated carbocycles. The third-order valence-electron chi connectivity index (χ3n) is 5.86. The third kappa shape index (κ3) is 6.62. The Kier molecular flexibility index (Phi) is 8.37. The summed E-state index contributed by atoms with van der Waals surface area (Å²) < 4.78 is 6.14. The number of hydrogen-bond donors (Lipinski definition) is 2. The highest BCUT2D eigenvalue weighted by Crippen LogP contribution is 2.27. The fraction of sp³-hybridized carbons (Fsp3) is 0.652. The van der Waals surface area contributed by atoms with Gasteiger partial charge in [0.25, 0.3) is 0 Å². The zero-order valence-corrected chi connectivity index (χ0v) is 18.7. The third-order valence-corrected chi connectivity index (χ3v) is 5.86. The van der Waals surface area contributed by atoms with Crippen molar-refractivity contribution < 1.29 is 9.53 Å². The maximum absolute atomic E-state index is 11.9. The highest BCUT2D eigenvalue weighted by atomic mass is 16.5. The normalized spacial score (nSPS) is 18.6. The van der Waals surface area contributed by atoms with Crippen LogP contribution in [0.25, 0.3) is 0 Å². The van der Waals surface area contributed by atoms with Crippen molar-refractivity contribution in [2.75, 3.05) is 40.3 Å². The fourth-order valence-corrected chi connectivity index (χ4v) is 3.66. The van der Waals surface area contributed by atoms with E-state index in [4.69, 9.17) is 9.73 Å². The van der Waals surface area contributed by atoms with Gasteiger partial charge in [0, 0.05) is 45.3 Å². The first-order chi connectivity index (χ1) is 14.5. The van der Waals surface area contributed by atoms with Gasteiger partial charge in [-0.2, -0.15) is 0 Å². The Hall–Kier alpha value is -2.28. The van der Waals surface area contributed by atoms with Gasteiger partial charge in [-0.25, -0.2) is 4.99 Å². The predicted molar refractivity (Wildman–Crippen MR) is 121 cm³/mol. The molecule has 7 heteroatoms. The number of likely N-dealkylation sites (tertiary alicyclic amines) is 1. The Morgan fingerprint density at radius 3 is 2.57 bits per heavy atom. The summed E-state index contributed by atoms with van der Waals surface area (Å²) in [5, 5.41) is 6.95. The van der Waals surface area contributed by atoms with Crippen LogP contribution in [0.4, 0.5) is 0 Å². The summed E-state index contributed by atoms with van der Waals surface area (Å²) in [6.45, 7) is 5.85. The van der Waals surface area contributed by atoms with Crippen LogP contribution in [-0.2, 0) is 11.3 Å². The van der Waals surface area contributed by atoms with E-state index in [2.05, 4.69) is 28.5 Å². The van der Waals surface area contributed by atoms with E-state index >= 15 is 0 Å². The number of para-hydroxylation sites is 1. The number of piperidine rings is 1. The van der Waals surface area contributed by atoms with Gasteiger partial charge < -0.3 is 20.3 Å². The van der Waals surface area contributed by atoms with Crippen LogP contribution in [0.3, 0.4) is 0 Å². The minimum absolute atomic E-state index is 0.166. The van der Waals surface area contributed by atoms with Crippen molar-refractivity contribution in [1.29, 1.82) is 0 Å². The highest BCUT2D eigenvalue weighted by molar-refractivity contribution is 5.80. The molecule has 0 radical (unpaired) electrons. The molecule has 30 heavy (non-hydrogen) atoms. The fourth-order valence-electron chi connectivity index (χ4n) is 3.66. The molecule has 0 atom stereocenters. The van der Waals surface area contributed by atoms with Crippen molar-refractivity contribution in [3.8, 4) is 5.75 Å². The number of ether oxygens (including phenoxy) is 1. The van der Waals surface area contributed by atoms with Crippen molar-refractivity contribution in [2.24, 2.45) is 4.99 Å². The van der Waals surface area contributed by atoms with Crippen LogP contribution in [0.2, 0.25) is 0 Å². The zero-order valence-electron chi connectivity index (χ0n) is 18.7. The standard InChI is InChI=1S/C23H37N5O2/c1-4-24-23(26-19-12-14-28(15-13-19)17-22(29)27(2)3)25-16-18-8-5-6-11-21(18)30-20-9-7-10-20/h5-6,8,11,19-20H,4,7,9-10,12-17H2,1-3H3,(H2,24,25,26). The molecule has 1 aliphatic heterocycles. The quantitative estimate of drug-likeness (QED) is 0.503. The molecule has 2 fully saturated rings. The monoisotopic (exact) mass is 415 g/mol. The van der Waals surface area contributed by atoms with Crippen molar-refractivity contribution in [1.82, 2.24) is 20.4 Å². The molecule has 0 unspecified atom stereocenters. The summed E-state index contributed by atoms with van der Waals surface area (Å²) in [6, 6.07) is 8.59. The van der Waals surface area contributed by atoms with Crippen LogP contribution < -0.4 is 15.4 Å². The lowest BCUT2D eigenvalue weighted by Gasteiger charge is -2.33. The molecule has 1 aromatic carbocycles. The van der Waals surface area contributed by atoms with Gasteiger partial charge in [-0.05, 0) is 45.1 Å². The topological polar surface area (TPSA) is 69.2 Å². The minimum Gasteiger partial charge on any atom is -0.490 e. The lowest BCUT2D eigenvalue weighted by Crippen LogP contribution is -2.50.